The van der Waals surface area contributed by atoms with E-state index < -0.39 is 0 Å². The minimum absolute atomic E-state index is 0.191. The molecule has 2 aromatic rings. The van der Waals surface area contributed by atoms with E-state index in [0.29, 0.717) is 19.4 Å². The molecular formula is C26H35N3O2. The van der Waals surface area contributed by atoms with Crippen molar-refractivity contribution in [2.24, 2.45) is 5.73 Å². The highest BCUT2D eigenvalue weighted by Gasteiger charge is 2.37. The first-order valence-corrected chi connectivity index (χ1v) is 11.2. The molecule has 2 aromatic carbocycles. The SMILES string of the molecule is CCC(=O)N1CCc2c(cccc2C(CCN(C)C)(CC(N)=O)Cc2ccccc2)C1. The van der Waals surface area contributed by atoms with Gasteiger partial charge in [0.25, 0.3) is 0 Å². The maximum atomic E-state index is 12.3. The molecule has 2 N–H and O–H groups in total. The fraction of sp³-hybridized carbons (Fsp3) is 0.462. The van der Waals surface area contributed by atoms with Crippen molar-refractivity contribution in [3.63, 3.8) is 0 Å². The lowest BCUT2D eigenvalue weighted by Gasteiger charge is -2.39. The molecule has 1 unspecified atom stereocenters. The zero-order valence-electron chi connectivity index (χ0n) is 19.1. The van der Waals surface area contributed by atoms with Crippen LogP contribution in [-0.4, -0.2) is 48.8 Å². The number of hydrogen-bond donors (Lipinski definition) is 1. The summed E-state index contributed by atoms with van der Waals surface area (Å²) in [6.07, 6.45) is 3.25. The summed E-state index contributed by atoms with van der Waals surface area (Å²) in [6.45, 7) is 4.14. The van der Waals surface area contributed by atoms with Crippen LogP contribution in [0.25, 0.3) is 0 Å². The molecule has 0 radical (unpaired) electrons. The summed E-state index contributed by atoms with van der Waals surface area (Å²) in [4.78, 5) is 28.7. The molecule has 5 nitrogen and oxygen atoms in total. The van der Waals surface area contributed by atoms with Gasteiger partial charge in [0, 0.05) is 31.3 Å². The smallest absolute Gasteiger partial charge is 0.222 e. The molecule has 166 valence electrons. The maximum Gasteiger partial charge on any atom is 0.222 e. The monoisotopic (exact) mass is 421 g/mol. The van der Waals surface area contributed by atoms with E-state index in [2.05, 4.69) is 49.3 Å². The zero-order valence-corrected chi connectivity index (χ0v) is 19.1. The fourth-order valence-electron chi connectivity index (χ4n) is 4.86. The van der Waals surface area contributed by atoms with Crippen molar-refractivity contribution in [2.45, 2.75) is 51.0 Å². The number of fused-ring (bicyclic) bond motifs is 1. The third kappa shape index (κ3) is 5.53. The molecule has 0 fully saturated rings. The van der Waals surface area contributed by atoms with Gasteiger partial charge in [-0.15, -0.1) is 0 Å². The van der Waals surface area contributed by atoms with Gasteiger partial charge >= 0.3 is 0 Å². The Morgan fingerprint density at radius 1 is 1.10 bits per heavy atom. The molecule has 5 heteroatoms. The topological polar surface area (TPSA) is 66.6 Å². The van der Waals surface area contributed by atoms with Crippen LogP contribution in [0.4, 0.5) is 0 Å². The Balaban J connectivity index is 2.08. The Labute approximate surface area is 186 Å². The lowest BCUT2D eigenvalue weighted by atomic mass is 9.67. The minimum atomic E-state index is -0.375. The second kappa shape index (κ2) is 10.1. The van der Waals surface area contributed by atoms with Crippen molar-refractivity contribution in [3.8, 4) is 0 Å². The van der Waals surface area contributed by atoms with Gasteiger partial charge in [0.05, 0.1) is 0 Å². The highest BCUT2D eigenvalue weighted by atomic mass is 16.2. The Morgan fingerprint density at radius 3 is 2.48 bits per heavy atom. The van der Waals surface area contributed by atoms with Crippen LogP contribution >= 0.6 is 0 Å². The molecule has 2 amide bonds. The van der Waals surface area contributed by atoms with Gasteiger partial charge in [-0.25, -0.2) is 0 Å². The quantitative estimate of drug-likeness (QED) is 0.676. The molecule has 1 aliphatic rings. The molecule has 1 atom stereocenters. The molecule has 1 aliphatic heterocycles. The van der Waals surface area contributed by atoms with E-state index in [1.54, 1.807) is 0 Å². The van der Waals surface area contributed by atoms with Gasteiger partial charge in [0.15, 0.2) is 0 Å². The van der Waals surface area contributed by atoms with Crippen LogP contribution in [0.1, 0.15) is 48.4 Å². The third-order valence-corrected chi connectivity index (χ3v) is 6.43. The van der Waals surface area contributed by atoms with E-state index in [1.165, 1.54) is 22.3 Å². The van der Waals surface area contributed by atoms with Crippen molar-refractivity contribution in [1.29, 1.82) is 0 Å². The second-order valence-electron chi connectivity index (χ2n) is 9.00. The van der Waals surface area contributed by atoms with Crippen molar-refractivity contribution < 1.29 is 9.59 Å². The molecule has 1 heterocycles. The van der Waals surface area contributed by atoms with Crippen LogP contribution in [0.3, 0.4) is 0 Å². The molecule has 31 heavy (non-hydrogen) atoms. The first-order valence-electron chi connectivity index (χ1n) is 11.2. The average Bonchev–Trinajstić information content (AvgIpc) is 2.76. The summed E-state index contributed by atoms with van der Waals surface area (Å²) in [5.41, 5.74) is 10.4. The molecular weight excluding hydrogens is 386 g/mol. The summed E-state index contributed by atoms with van der Waals surface area (Å²) < 4.78 is 0. The van der Waals surface area contributed by atoms with Crippen molar-refractivity contribution in [2.75, 3.05) is 27.2 Å². The first-order chi connectivity index (χ1) is 14.8. The molecule has 3 rings (SSSR count). The number of nitrogens with zero attached hydrogens (tertiary/aromatic N) is 2. The van der Waals surface area contributed by atoms with E-state index in [1.807, 2.05) is 30.0 Å². The van der Waals surface area contributed by atoms with Gasteiger partial charge < -0.3 is 15.5 Å². The highest BCUT2D eigenvalue weighted by molar-refractivity contribution is 5.77. The number of rotatable bonds is 9. The van der Waals surface area contributed by atoms with Crippen LogP contribution in [0.2, 0.25) is 0 Å². The molecule has 0 saturated heterocycles. The first kappa shape index (κ1) is 23.0. The molecule has 0 saturated carbocycles. The normalized spacial score (nSPS) is 15.4. The highest BCUT2D eigenvalue weighted by Crippen LogP contribution is 2.40. The number of nitrogens with two attached hydrogens (primary N) is 1. The van der Waals surface area contributed by atoms with E-state index in [9.17, 15) is 9.59 Å². The molecule has 0 spiro atoms. The Kier molecular flexibility index (Phi) is 7.50. The Morgan fingerprint density at radius 2 is 1.84 bits per heavy atom. The molecule has 0 aliphatic carbocycles. The van der Waals surface area contributed by atoms with Crippen molar-refractivity contribution >= 4 is 11.8 Å². The summed E-state index contributed by atoms with van der Waals surface area (Å²) in [5, 5.41) is 0. The number of benzene rings is 2. The molecule has 0 aromatic heterocycles. The summed E-state index contributed by atoms with van der Waals surface area (Å²) in [5.74, 6) is -0.0813. The van der Waals surface area contributed by atoms with Gasteiger partial charge in [-0.05, 0) is 62.2 Å². The van der Waals surface area contributed by atoms with Crippen LogP contribution in [-0.2, 0) is 34.4 Å². The zero-order chi connectivity index (χ0) is 22.4. The predicted molar refractivity (Wildman–Crippen MR) is 125 cm³/mol. The van der Waals surface area contributed by atoms with Crippen LogP contribution < -0.4 is 5.73 Å². The van der Waals surface area contributed by atoms with Gasteiger partial charge in [0.2, 0.25) is 11.8 Å². The lowest BCUT2D eigenvalue weighted by molar-refractivity contribution is -0.131. The van der Waals surface area contributed by atoms with Crippen LogP contribution in [0.5, 0.6) is 0 Å². The lowest BCUT2D eigenvalue weighted by Crippen LogP contribution is -2.41. The van der Waals surface area contributed by atoms with E-state index >= 15 is 0 Å². The summed E-state index contributed by atoms with van der Waals surface area (Å²) in [6, 6.07) is 16.7. The fourth-order valence-corrected chi connectivity index (χ4v) is 4.86. The Bertz CT molecular complexity index is 910. The third-order valence-electron chi connectivity index (χ3n) is 6.43. The van der Waals surface area contributed by atoms with Gasteiger partial charge in [-0.3, -0.25) is 9.59 Å². The van der Waals surface area contributed by atoms with Gasteiger partial charge in [-0.2, -0.15) is 0 Å². The van der Waals surface area contributed by atoms with Crippen molar-refractivity contribution in [3.05, 3.63) is 70.8 Å². The van der Waals surface area contributed by atoms with Crippen molar-refractivity contribution in [1.82, 2.24) is 9.80 Å². The number of carbonyl (C=O) groups is 2. The van der Waals surface area contributed by atoms with Gasteiger partial charge in [0.1, 0.15) is 0 Å². The maximum absolute atomic E-state index is 12.3. The summed E-state index contributed by atoms with van der Waals surface area (Å²) in [7, 11) is 4.12. The second-order valence-corrected chi connectivity index (χ2v) is 9.00. The van der Waals surface area contributed by atoms with Crippen LogP contribution in [0, 0.1) is 0 Å². The number of carbonyl (C=O) groups excluding carboxylic acids is 2. The standard InChI is InChI=1S/C26H35N3O2/c1-4-25(31)29-15-13-22-21(19-29)11-8-12-23(22)26(18-24(27)30,14-16-28(2)3)17-20-9-6-5-7-10-20/h5-12H,4,13-19H2,1-3H3,(H2,27,30). The van der Waals surface area contributed by atoms with Crippen LogP contribution in [0.15, 0.2) is 48.5 Å². The average molecular weight is 422 g/mol. The van der Waals surface area contributed by atoms with Gasteiger partial charge in [-0.1, -0.05) is 55.5 Å². The summed E-state index contributed by atoms with van der Waals surface area (Å²) >= 11 is 0. The number of amides is 2. The Hall–Kier alpha value is -2.66. The van der Waals surface area contributed by atoms with E-state index in [0.717, 1.165) is 32.4 Å². The predicted octanol–water partition coefficient (Wildman–Crippen LogP) is 3.29. The van der Waals surface area contributed by atoms with E-state index in [4.69, 9.17) is 5.73 Å². The number of hydrogen-bond acceptors (Lipinski definition) is 3. The van der Waals surface area contributed by atoms with E-state index in [-0.39, 0.29) is 17.2 Å². The number of primary amides is 1. The minimum Gasteiger partial charge on any atom is -0.370 e. The largest absolute Gasteiger partial charge is 0.370 e. The molecule has 0 bridgehead atoms.